The van der Waals surface area contributed by atoms with Crippen LogP contribution in [0.15, 0.2) is 30.3 Å². The summed E-state index contributed by atoms with van der Waals surface area (Å²) in [6.45, 7) is 4.42. The van der Waals surface area contributed by atoms with Crippen molar-refractivity contribution in [1.82, 2.24) is 0 Å². The molecule has 0 aliphatic rings. The third kappa shape index (κ3) is 4.78. The van der Waals surface area contributed by atoms with Crippen LogP contribution in [-0.4, -0.2) is 5.91 Å². The van der Waals surface area contributed by atoms with Crippen LogP contribution < -0.4 is 5.73 Å². The molecular formula is C14H19NO. The summed E-state index contributed by atoms with van der Waals surface area (Å²) in [5, 5.41) is 0. The summed E-state index contributed by atoms with van der Waals surface area (Å²) in [4.78, 5) is 10.5. The first-order valence-electron chi connectivity index (χ1n) is 5.61. The van der Waals surface area contributed by atoms with Crippen molar-refractivity contribution in [3.63, 3.8) is 0 Å². The van der Waals surface area contributed by atoms with Gasteiger partial charge in [0.15, 0.2) is 0 Å². The summed E-state index contributed by atoms with van der Waals surface area (Å²) in [5.41, 5.74) is 7.50. The maximum absolute atomic E-state index is 10.5. The Labute approximate surface area is 97.2 Å². The molecule has 0 unspecified atom stereocenters. The van der Waals surface area contributed by atoms with Crippen molar-refractivity contribution in [3.05, 3.63) is 41.5 Å². The van der Waals surface area contributed by atoms with Gasteiger partial charge >= 0.3 is 0 Å². The second-order valence-electron chi connectivity index (χ2n) is 4.41. The van der Waals surface area contributed by atoms with Gasteiger partial charge in [-0.2, -0.15) is 0 Å². The van der Waals surface area contributed by atoms with E-state index in [1.807, 2.05) is 6.08 Å². The van der Waals surface area contributed by atoms with Crippen LogP contribution in [0.2, 0.25) is 0 Å². The molecule has 0 heterocycles. The molecule has 0 saturated heterocycles. The molecule has 0 bridgehead atoms. The zero-order valence-corrected chi connectivity index (χ0v) is 9.94. The molecule has 2 N–H and O–H groups in total. The number of rotatable bonds is 5. The van der Waals surface area contributed by atoms with Crippen LogP contribution in [0, 0.1) is 5.92 Å². The molecule has 1 rings (SSSR count). The predicted octanol–water partition coefficient (Wildman–Crippen LogP) is 2.77. The Morgan fingerprint density at radius 3 is 2.44 bits per heavy atom. The Hall–Kier alpha value is -1.57. The van der Waals surface area contributed by atoms with Crippen LogP contribution in [0.1, 0.15) is 31.4 Å². The van der Waals surface area contributed by atoms with Gasteiger partial charge in [0, 0.05) is 6.42 Å². The van der Waals surface area contributed by atoms with Crippen LogP contribution >= 0.6 is 0 Å². The number of carbonyl (C=O) groups is 1. The van der Waals surface area contributed by atoms with Crippen LogP contribution in [0.4, 0.5) is 0 Å². The summed E-state index contributed by atoms with van der Waals surface area (Å²) in [7, 11) is 0. The summed E-state index contributed by atoms with van der Waals surface area (Å²) < 4.78 is 0. The zero-order chi connectivity index (χ0) is 12.0. The van der Waals surface area contributed by atoms with Gasteiger partial charge in [-0.3, -0.25) is 4.79 Å². The maximum atomic E-state index is 10.5. The quantitative estimate of drug-likeness (QED) is 0.809. The highest BCUT2D eigenvalue weighted by Gasteiger charge is 1.96. The van der Waals surface area contributed by atoms with Gasteiger partial charge in [-0.05, 0) is 23.5 Å². The average Bonchev–Trinajstić information content (AvgIpc) is 2.19. The molecule has 0 aliphatic heterocycles. The standard InChI is InChI=1S/C14H19NO/c1-11(2)10-13-8-6-12(7-9-13)4-3-5-14(15)16/h3-4,6-9,11H,5,10H2,1-2H3,(H2,15,16). The highest BCUT2D eigenvalue weighted by atomic mass is 16.1. The molecule has 2 nitrogen and oxygen atoms in total. The van der Waals surface area contributed by atoms with E-state index in [4.69, 9.17) is 5.73 Å². The van der Waals surface area contributed by atoms with Crippen molar-refractivity contribution in [2.75, 3.05) is 0 Å². The lowest BCUT2D eigenvalue weighted by Crippen LogP contribution is -2.07. The van der Waals surface area contributed by atoms with Crippen LogP contribution in [0.3, 0.4) is 0 Å². The zero-order valence-electron chi connectivity index (χ0n) is 9.94. The van der Waals surface area contributed by atoms with Crippen molar-refractivity contribution in [2.45, 2.75) is 26.7 Å². The number of amides is 1. The minimum absolute atomic E-state index is 0.298. The highest BCUT2D eigenvalue weighted by molar-refractivity contribution is 5.76. The van der Waals surface area contributed by atoms with Gasteiger partial charge in [0.1, 0.15) is 0 Å². The van der Waals surface area contributed by atoms with E-state index >= 15 is 0 Å². The van der Waals surface area contributed by atoms with E-state index in [1.54, 1.807) is 6.08 Å². The Balaban J connectivity index is 2.57. The second-order valence-corrected chi connectivity index (χ2v) is 4.41. The molecule has 1 amide bonds. The fourth-order valence-corrected chi connectivity index (χ4v) is 1.55. The Kier molecular flexibility index (Phi) is 4.77. The smallest absolute Gasteiger partial charge is 0.221 e. The molecule has 1 aromatic carbocycles. The van der Waals surface area contributed by atoms with E-state index in [0.717, 1.165) is 12.0 Å². The number of hydrogen-bond donors (Lipinski definition) is 1. The lowest BCUT2D eigenvalue weighted by atomic mass is 10.0. The van der Waals surface area contributed by atoms with E-state index in [9.17, 15) is 4.79 Å². The third-order valence-electron chi connectivity index (χ3n) is 2.25. The van der Waals surface area contributed by atoms with Gasteiger partial charge in [-0.25, -0.2) is 0 Å². The fraction of sp³-hybridized carbons (Fsp3) is 0.357. The van der Waals surface area contributed by atoms with Gasteiger partial charge in [-0.15, -0.1) is 0 Å². The first-order chi connectivity index (χ1) is 7.58. The minimum atomic E-state index is -0.298. The third-order valence-corrected chi connectivity index (χ3v) is 2.25. The summed E-state index contributed by atoms with van der Waals surface area (Å²) in [5.74, 6) is 0.379. The molecule has 0 spiro atoms. The monoisotopic (exact) mass is 217 g/mol. The lowest BCUT2D eigenvalue weighted by molar-refractivity contribution is -0.117. The van der Waals surface area contributed by atoms with E-state index in [0.29, 0.717) is 12.3 Å². The number of hydrogen-bond acceptors (Lipinski definition) is 1. The minimum Gasteiger partial charge on any atom is -0.369 e. The molecule has 0 saturated carbocycles. The molecular weight excluding hydrogens is 198 g/mol. The molecule has 0 radical (unpaired) electrons. The Morgan fingerprint density at radius 1 is 1.31 bits per heavy atom. The molecule has 86 valence electrons. The number of nitrogens with two attached hydrogens (primary N) is 1. The molecule has 0 atom stereocenters. The van der Waals surface area contributed by atoms with Crippen LogP contribution in [-0.2, 0) is 11.2 Å². The van der Waals surface area contributed by atoms with Gasteiger partial charge in [-0.1, -0.05) is 50.3 Å². The van der Waals surface area contributed by atoms with Gasteiger partial charge in [0.05, 0.1) is 0 Å². The van der Waals surface area contributed by atoms with Crippen LogP contribution in [0.5, 0.6) is 0 Å². The number of carbonyl (C=O) groups excluding carboxylic acids is 1. The molecule has 0 aromatic heterocycles. The first kappa shape index (κ1) is 12.5. The summed E-state index contributed by atoms with van der Waals surface area (Å²) >= 11 is 0. The van der Waals surface area contributed by atoms with Gasteiger partial charge < -0.3 is 5.73 Å². The SMILES string of the molecule is CC(C)Cc1ccc(C=CCC(N)=O)cc1. The topological polar surface area (TPSA) is 43.1 Å². The first-order valence-corrected chi connectivity index (χ1v) is 5.61. The van der Waals surface area contributed by atoms with Crippen molar-refractivity contribution >= 4 is 12.0 Å². The van der Waals surface area contributed by atoms with Crippen molar-refractivity contribution in [2.24, 2.45) is 11.7 Å². The van der Waals surface area contributed by atoms with E-state index in [-0.39, 0.29) is 5.91 Å². The lowest BCUT2D eigenvalue weighted by Gasteiger charge is -2.04. The molecule has 16 heavy (non-hydrogen) atoms. The van der Waals surface area contributed by atoms with E-state index in [1.165, 1.54) is 5.56 Å². The van der Waals surface area contributed by atoms with Crippen LogP contribution in [0.25, 0.3) is 6.08 Å². The Morgan fingerprint density at radius 2 is 1.94 bits per heavy atom. The van der Waals surface area contributed by atoms with Crippen molar-refractivity contribution in [1.29, 1.82) is 0 Å². The second kappa shape index (κ2) is 6.11. The van der Waals surface area contributed by atoms with Gasteiger partial charge in [0.2, 0.25) is 5.91 Å². The number of primary amides is 1. The van der Waals surface area contributed by atoms with E-state index in [2.05, 4.69) is 38.1 Å². The highest BCUT2D eigenvalue weighted by Crippen LogP contribution is 2.10. The number of benzene rings is 1. The normalized spacial score (nSPS) is 11.2. The molecule has 1 aromatic rings. The molecule has 0 fully saturated rings. The maximum Gasteiger partial charge on any atom is 0.221 e. The average molecular weight is 217 g/mol. The fourth-order valence-electron chi connectivity index (χ4n) is 1.55. The molecule has 0 aliphatic carbocycles. The summed E-state index contributed by atoms with van der Waals surface area (Å²) in [6, 6.07) is 8.39. The van der Waals surface area contributed by atoms with Crippen molar-refractivity contribution < 1.29 is 4.79 Å². The van der Waals surface area contributed by atoms with Crippen molar-refractivity contribution in [3.8, 4) is 0 Å². The van der Waals surface area contributed by atoms with Gasteiger partial charge in [0.25, 0.3) is 0 Å². The molecule has 2 heteroatoms. The predicted molar refractivity (Wildman–Crippen MR) is 67.8 cm³/mol. The summed E-state index contributed by atoms with van der Waals surface area (Å²) in [6.07, 6.45) is 5.11. The Bertz CT molecular complexity index is 363. The van der Waals surface area contributed by atoms with E-state index < -0.39 is 0 Å². The largest absolute Gasteiger partial charge is 0.369 e.